The lowest BCUT2D eigenvalue weighted by molar-refractivity contribution is -0.130. The highest BCUT2D eigenvalue weighted by Gasteiger charge is 2.49. The Labute approximate surface area is 121 Å². The number of nitrogens with zero attached hydrogens (tertiary/aromatic N) is 1. The van der Waals surface area contributed by atoms with Crippen LogP contribution in [0.4, 0.5) is 0 Å². The molecule has 1 amide bonds. The Morgan fingerprint density at radius 1 is 1.25 bits per heavy atom. The molecule has 0 radical (unpaired) electrons. The molecular formula is C15H15N3OS. The van der Waals surface area contributed by atoms with E-state index in [-0.39, 0.29) is 11.9 Å². The molecule has 1 unspecified atom stereocenters. The molecule has 2 N–H and O–H groups in total. The molecule has 1 fully saturated rings. The van der Waals surface area contributed by atoms with Crippen molar-refractivity contribution in [3.05, 3.63) is 58.3 Å². The SMILES string of the molecule is CN1C(=N)NC(Cc2cccs2)(c2ccccc2)C1=O. The van der Waals surface area contributed by atoms with Gasteiger partial charge in [0.1, 0.15) is 5.54 Å². The predicted molar refractivity (Wildman–Crippen MR) is 79.8 cm³/mol. The second-order valence-corrected chi connectivity index (χ2v) is 5.90. The van der Waals surface area contributed by atoms with Crippen LogP contribution >= 0.6 is 11.3 Å². The first-order chi connectivity index (χ1) is 9.63. The zero-order chi connectivity index (χ0) is 14.2. The maximum Gasteiger partial charge on any atom is 0.259 e. The summed E-state index contributed by atoms with van der Waals surface area (Å²) in [5, 5.41) is 13.0. The molecule has 5 heteroatoms. The van der Waals surface area contributed by atoms with Gasteiger partial charge < -0.3 is 5.32 Å². The van der Waals surface area contributed by atoms with E-state index in [0.29, 0.717) is 6.42 Å². The smallest absolute Gasteiger partial charge is 0.259 e. The molecule has 3 rings (SSSR count). The molecule has 1 aromatic carbocycles. The number of thiophene rings is 1. The second kappa shape index (κ2) is 4.76. The van der Waals surface area contributed by atoms with Crippen molar-refractivity contribution in [1.82, 2.24) is 10.2 Å². The van der Waals surface area contributed by atoms with E-state index in [1.54, 1.807) is 18.4 Å². The predicted octanol–water partition coefficient (Wildman–Crippen LogP) is 2.18. The molecule has 102 valence electrons. The Bertz CT molecular complexity index is 638. The van der Waals surface area contributed by atoms with Gasteiger partial charge in [0.05, 0.1) is 0 Å². The van der Waals surface area contributed by atoms with E-state index in [1.807, 2.05) is 47.8 Å². The first kappa shape index (κ1) is 12.9. The van der Waals surface area contributed by atoms with Gasteiger partial charge >= 0.3 is 0 Å². The summed E-state index contributed by atoms with van der Waals surface area (Å²) >= 11 is 1.63. The summed E-state index contributed by atoms with van der Waals surface area (Å²) in [7, 11) is 1.64. The Balaban J connectivity index is 2.09. The minimum Gasteiger partial charge on any atom is -0.338 e. The number of hydrogen-bond acceptors (Lipinski definition) is 3. The fourth-order valence-corrected chi connectivity index (χ4v) is 3.33. The van der Waals surface area contributed by atoms with Crippen LogP contribution in [-0.4, -0.2) is 23.8 Å². The van der Waals surface area contributed by atoms with Gasteiger partial charge in [-0.2, -0.15) is 0 Å². The van der Waals surface area contributed by atoms with E-state index in [2.05, 4.69) is 5.32 Å². The van der Waals surface area contributed by atoms with Crippen LogP contribution in [0.25, 0.3) is 0 Å². The maximum absolute atomic E-state index is 12.7. The monoisotopic (exact) mass is 285 g/mol. The van der Waals surface area contributed by atoms with E-state index in [1.165, 1.54) is 4.90 Å². The van der Waals surface area contributed by atoms with Crippen LogP contribution in [0.1, 0.15) is 10.4 Å². The van der Waals surface area contributed by atoms with Gasteiger partial charge in [0, 0.05) is 18.3 Å². The first-order valence-corrected chi connectivity index (χ1v) is 7.24. The molecule has 1 aliphatic rings. The third-order valence-corrected chi connectivity index (χ3v) is 4.50. The summed E-state index contributed by atoms with van der Waals surface area (Å²) in [5.74, 6) is 0.0671. The highest BCUT2D eigenvalue weighted by Crippen LogP contribution is 2.33. The number of guanidine groups is 1. The summed E-state index contributed by atoms with van der Waals surface area (Å²) in [6, 6.07) is 13.6. The largest absolute Gasteiger partial charge is 0.338 e. The number of likely N-dealkylation sites (N-methyl/N-ethyl adjacent to an activating group) is 1. The van der Waals surface area contributed by atoms with E-state index in [9.17, 15) is 4.79 Å². The van der Waals surface area contributed by atoms with Gasteiger partial charge in [-0.05, 0) is 17.0 Å². The summed E-state index contributed by atoms with van der Waals surface area (Å²) in [6.45, 7) is 0. The summed E-state index contributed by atoms with van der Waals surface area (Å²) < 4.78 is 0. The van der Waals surface area contributed by atoms with Crippen molar-refractivity contribution >= 4 is 23.2 Å². The van der Waals surface area contributed by atoms with Crippen molar-refractivity contribution in [2.24, 2.45) is 0 Å². The molecule has 0 bridgehead atoms. The zero-order valence-electron chi connectivity index (χ0n) is 11.1. The van der Waals surface area contributed by atoms with Gasteiger partial charge in [-0.1, -0.05) is 36.4 Å². The molecule has 1 aliphatic heterocycles. The Hall–Kier alpha value is -2.14. The summed E-state index contributed by atoms with van der Waals surface area (Å²) in [6.07, 6.45) is 0.556. The minimum atomic E-state index is -0.863. The molecule has 2 aromatic rings. The third-order valence-electron chi connectivity index (χ3n) is 3.62. The molecule has 1 atom stereocenters. The van der Waals surface area contributed by atoms with Gasteiger partial charge in [-0.15, -0.1) is 11.3 Å². The van der Waals surface area contributed by atoms with Gasteiger partial charge in [0.15, 0.2) is 5.96 Å². The van der Waals surface area contributed by atoms with Gasteiger partial charge in [0.25, 0.3) is 5.91 Å². The molecular weight excluding hydrogens is 270 g/mol. The quantitative estimate of drug-likeness (QED) is 0.908. The number of nitrogens with one attached hydrogen (secondary N) is 2. The fourth-order valence-electron chi connectivity index (χ4n) is 2.54. The van der Waals surface area contributed by atoms with Crippen LogP contribution in [-0.2, 0) is 16.8 Å². The van der Waals surface area contributed by atoms with Crippen molar-refractivity contribution in [1.29, 1.82) is 5.41 Å². The van der Waals surface area contributed by atoms with E-state index >= 15 is 0 Å². The van der Waals surface area contributed by atoms with Crippen LogP contribution < -0.4 is 5.32 Å². The minimum absolute atomic E-state index is 0.0814. The standard InChI is InChI=1S/C15H15N3OS/c1-18-13(19)15(17-14(18)16,10-12-8-5-9-20-12)11-6-3-2-4-7-11/h2-9H,10H2,1H3,(H2,16,17). The summed E-state index contributed by atoms with van der Waals surface area (Å²) in [4.78, 5) is 15.2. The molecule has 0 aliphatic carbocycles. The summed E-state index contributed by atoms with van der Waals surface area (Å²) in [5.41, 5.74) is 0.0327. The van der Waals surface area contributed by atoms with Gasteiger partial charge in [0.2, 0.25) is 0 Å². The fraction of sp³-hybridized carbons (Fsp3) is 0.200. The molecule has 1 aromatic heterocycles. The molecule has 1 saturated heterocycles. The number of amides is 1. The van der Waals surface area contributed by atoms with Gasteiger partial charge in [-0.3, -0.25) is 15.1 Å². The van der Waals surface area contributed by atoms with E-state index in [0.717, 1.165) is 10.4 Å². The average molecular weight is 285 g/mol. The van der Waals surface area contributed by atoms with E-state index in [4.69, 9.17) is 5.41 Å². The lowest BCUT2D eigenvalue weighted by Crippen LogP contribution is -2.45. The van der Waals surface area contributed by atoms with Crippen LogP contribution in [0.15, 0.2) is 47.8 Å². The number of carbonyl (C=O) groups excluding carboxylic acids is 1. The Kier molecular flexibility index (Phi) is 3.06. The van der Waals surface area contributed by atoms with Crippen molar-refractivity contribution in [2.75, 3.05) is 7.05 Å². The Morgan fingerprint density at radius 3 is 2.55 bits per heavy atom. The lowest BCUT2D eigenvalue weighted by atomic mass is 9.86. The number of hydrogen-bond donors (Lipinski definition) is 2. The molecule has 2 heterocycles. The molecule has 0 spiro atoms. The normalized spacial score (nSPS) is 22.1. The number of benzene rings is 1. The van der Waals surface area contributed by atoms with E-state index < -0.39 is 5.54 Å². The third kappa shape index (κ3) is 1.91. The zero-order valence-corrected chi connectivity index (χ0v) is 11.9. The van der Waals surface area contributed by atoms with Crippen LogP contribution in [0.3, 0.4) is 0 Å². The first-order valence-electron chi connectivity index (χ1n) is 6.36. The topological polar surface area (TPSA) is 56.2 Å². The second-order valence-electron chi connectivity index (χ2n) is 4.87. The molecule has 20 heavy (non-hydrogen) atoms. The highest BCUT2D eigenvalue weighted by atomic mass is 32.1. The lowest BCUT2D eigenvalue weighted by Gasteiger charge is -2.27. The van der Waals surface area contributed by atoms with Crippen LogP contribution in [0.5, 0.6) is 0 Å². The Morgan fingerprint density at radius 2 is 2.00 bits per heavy atom. The number of rotatable bonds is 3. The van der Waals surface area contributed by atoms with Crippen molar-refractivity contribution < 1.29 is 4.79 Å². The van der Waals surface area contributed by atoms with Crippen LogP contribution in [0, 0.1) is 5.41 Å². The van der Waals surface area contributed by atoms with Crippen molar-refractivity contribution in [3.63, 3.8) is 0 Å². The van der Waals surface area contributed by atoms with Crippen LogP contribution in [0.2, 0.25) is 0 Å². The molecule has 4 nitrogen and oxygen atoms in total. The van der Waals surface area contributed by atoms with Crippen molar-refractivity contribution in [3.8, 4) is 0 Å². The maximum atomic E-state index is 12.7. The highest BCUT2D eigenvalue weighted by molar-refractivity contribution is 7.09. The number of carbonyl (C=O) groups is 1. The average Bonchev–Trinajstić information content (AvgIpc) is 3.05. The van der Waals surface area contributed by atoms with Crippen molar-refractivity contribution in [2.45, 2.75) is 12.0 Å². The molecule has 0 saturated carbocycles. The van der Waals surface area contributed by atoms with Gasteiger partial charge in [-0.25, -0.2) is 0 Å².